The van der Waals surface area contributed by atoms with Crippen molar-refractivity contribution >= 4 is 28.4 Å². The fourth-order valence-corrected chi connectivity index (χ4v) is 4.78. The number of hydrogen-bond donors (Lipinski definition) is 4. The van der Waals surface area contributed by atoms with Crippen LogP contribution in [0.5, 0.6) is 5.75 Å². The molecule has 0 bridgehead atoms. The van der Waals surface area contributed by atoms with Crippen LogP contribution in [-0.4, -0.2) is 20.2 Å². The van der Waals surface area contributed by atoms with Crippen LogP contribution in [0.4, 0.5) is 28.4 Å². The molecule has 2 unspecified atom stereocenters. The van der Waals surface area contributed by atoms with Crippen molar-refractivity contribution in [3.8, 4) is 5.75 Å². The van der Waals surface area contributed by atoms with Crippen LogP contribution in [0.3, 0.4) is 0 Å². The van der Waals surface area contributed by atoms with E-state index in [1.54, 1.807) is 25.3 Å². The monoisotopic (exact) mass is 577 g/mol. The Morgan fingerprint density at radius 1 is 0.667 bits per heavy atom. The fraction of sp³-hybridized carbons (Fsp3) is 0.500. The minimum absolute atomic E-state index is 0.608. The largest absolute Gasteiger partial charge is 0.495 e. The van der Waals surface area contributed by atoms with Gasteiger partial charge in [0.2, 0.25) is 0 Å². The number of para-hydroxylation sites is 1. The predicted molar refractivity (Wildman–Crippen MR) is 187 cm³/mol. The molecule has 6 nitrogen and oxygen atoms in total. The Hall–Kier alpha value is -3.54. The van der Waals surface area contributed by atoms with E-state index in [4.69, 9.17) is 27.7 Å². The average Bonchev–Trinajstić information content (AvgIpc) is 3.00. The van der Waals surface area contributed by atoms with Crippen molar-refractivity contribution in [2.75, 3.05) is 48.0 Å². The number of methoxy groups -OCH3 is 1. The summed E-state index contributed by atoms with van der Waals surface area (Å²) in [6.45, 7) is 13.8. The first-order valence-corrected chi connectivity index (χ1v) is 15.8. The number of aryl methyl sites for hydroxylation is 1. The minimum Gasteiger partial charge on any atom is -0.495 e. The van der Waals surface area contributed by atoms with Crippen molar-refractivity contribution in [2.24, 2.45) is 11.8 Å². The van der Waals surface area contributed by atoms with E-state index < -0.39 is 0 Å². The molecular weight excluding hydrogens is 518 g/mol. The van der Waals surface area contributed by atoms with Crippen molar-refractivity contribution in [2.45, 2.75) is 86.0 Å². The van der Waals surface area contributed by atoms with Crippen LogP contribution in [0, 0.1) is 18.8 Å². The number of rotatable bonds is 14. The molecule has 0 saturated heterocycles. The van der Waals surface area contributed by atoms with Gasteiger partial charge in [-0.25, -0.2) is 0 Å². The molecule has 0 radical (unpaired) electrons. The molecule has 0 aliphatic rings. The Balaban J connectivity index is 0.000000416. The maximum absolute atomic E-state index is 6.06. The molecule has 8 N–H and O–H groups in total. The quantitative estimate of drug-likeness (QED) is 0.142. The first-order valence-electron chi connectivity index (χ1n) is 15.8. The molecule has 3 rings (SSSR count). The maximum atomic E-state index is 6.06. The molecule has 0 saturated carbocycles. The van der Waals surface area contributed by atoms with E-state index in [2.05, 4.69) is 57.7 Å². The Morgan fingerprint density at radius 3 is 1.62 bits per heavy atom. The van der Waals surface area contributed by atoms with Gasteiger partial charge < -0.3 is 32.6 Å². The van der Waals surface area contributed by atoms with E-state index in [-0.39, 0.29) is 0 Å². The van der Waals surface area contributed by atoms with E-state index in [1.165, 1.54) is 75.7 Å². The van der Waals surface area contributed by atoms with Gasteiger partial charge in [0.15, 0.2) is 0 Å². The topological polar surface area (TPSA) is 117 Å². The first-order chi connectivity index (χ1) is 20.2. The third-order valence-corrected chi connectivity index (χ3v) is 7.72. The first kappa shape index (κ1) is 36.5. The standard InChI is InChI=1S/C23H42N2.C7H10N2O.C6H7N/c1-6-10-12-20(8-3)17-25(18-21(9-4)13-11-7-2)22-14-15-23(24)19(5)16-22;1-10-7-4-5(8)2-3-6(7)9;7-6-4-2-1-3-5-6/h14-16,20-21H,6-13,17-18,24H2,1-5H3;2-4H,8-9H2,1H3;1-5H,7H2. The smallest absolute Gasteiger partial charge is 0.143 e. The zero-order chi connectivity index (χ0) is 31.3. The average molecular weight is 578 g/mol. The van der Waals surface area contributed by atoms with Crippen molar-refractivity contribution in [1.29, 1.82) is 0 Å². The van der Waals surface area contributed by atoms with Crippen molar-refractivity contribution in [3.05, 3.63) is 72.3 Å². The molecule has 2 atom stereocenters. The molecule has 6 heteroatoms. The normalized spacial score (nSPS) is 11.8. The van der Waals surface area contributed by atoms with Crippen LogP contribution < -0.4 is 32.6 Å². The van der Waals surface area contributed by atoms with Gasteiger partial charge in [0.05, 0.1) is 12.8 Å². The lowest BCUT2D eigenvalue weighted by molar-refractivity contribution is 0.403. The van der Waals surface area contributed by atoms with Gasteiger partial charge in [-0.15, -0.1) is 0 Å². The molecular formula is C36H59N5O. The van der Waals surface area contributed by atoms with Gasteiger partial charge >= 0.3 is 0 Å². The van der Waals surface area contributed by atoms with Crippen LogP contribution in [-0.2, 0) is 0 Å². The number of nitrogen functional groups attached to an aromatic ring is 4. The Labute approximate surface area is 256 Å². The summed E-state index contributed by atoms with van der Waals surface area (Å²) in [5.74, 6) is 2.21. The molecule has 3 aromatic rings. The van der Waals surface area contributed by atoms with Crippen LogP contribution in [0.2, 0.25) is 0 Å². The van der Waals surface area contributed by atoms with E-state index in [9.17, 15) is 0 Å². The molecule has 0 amide bonds. The molecule has 0 heterocycles. The van der Waals surface area contributed by atoms with Crippen LogP contribution in [0.25, 0.3) is 0 Å². The van der Waals surface area contributed by atoms with Crippen LogP contribution in [0.1, 0.15) is 84.6 Å². The van der Waals surface area contributed by atoms with E-state index in [1.807, 2.05) is 30.3 Å². The molecule has 234 valence electrons. The summed E-state index contributed by atoms with van der Waals surface area (Å²) in [6.07, 6.45) is 10.5. The summed E-state index contributed by atoms with van der Waals surface area (Å²) >= 11 is 0. The highest BCUT2D eigenvalue weighted by Crippen LogP contribution is 2.27. The molecule has 0 aliphatic heterocycles. The highest BCUT2D eigenvalue weighted by molar-refractivity contribution is 5.59. The summed E-state index contributed by atoms with van der Waals surface area (Å²) in [4.78, 5) is 2.65. The number of anilines is 5. The lowest BCUT2D eigenvalue weighted by Crippen LogP contribution is -2.34. The number of hydrogen-bond acceptors (Lipinski definition) is 6. The van der Waals surface area contributed by atoms with Crippen molar-refractivity contribution in [3.63, 3.8) is 0 Å². The number of unbranched alkanes of at least 4 members (excludes halogenated alkanes) is 2. The van der Waals surface area contributed by atoms with Crippen molar-refractivity contribution in [1.82, 2.24) is 0 Å². The second-order valence-electron chi connectivity index (χ2n) is 11.2. The van der Waals surface area contributed by atoms with E-state index in [0.717, 1.165) is 23.2 Å². The molecule has 3 aromatic carbocycles. The highest BCUT2D eigenvalue weighted by atomic mass is 16.5. The Morgan fingerprint density at radius 2 is 1.21 bits per heavy atom. The third-order valence-electron chi connectivity index (χ3n) is 7.72. The Bertz CT molecular complexity index is 1090. The number of nitrogens with two attached hydrogens (primary N) is 4. The summed E-state index contributed by atoms with van der Waals surface area (Å²) < 4.78 is 4.92. The second kappa shape index (κ2) is 21.2. The zero-order valence-electron chi connectivity index (χ0n) is 27.2. The number of nitrogens with zero attached hydrogens (tertiary/aromatic N) is 1. The Kier molecular flexibility index (Phi) is 18.4. The zero-order valence-corrected chi connectivity index (χ0v) is 27.2. The molecule has 0 aliphatic carbocycles. The van der Waals surface area contributed by atoms with Gasteiger partial charge in [-0.05, 0) is 79.6 Å². The molecule has 0 aromatic heterocycles. The van der Waals surface area contributed by atoms with Gasteiger partial charge in [-0.3, -0.25) is 0 Å². The fourth-order valence-electron chi connectivity index (χ4n) is 4.78. The summed E-state index contributed by atoms with van der Waals surface area (Å²) in [5, 5.41) is 0. The van der Waals surface area contributed by atoms with Gasteiger partial charge in [0, 0.05) is 41.9 Å². The van der Waals surface area contributed by atoms with Gasteiger partial charge in [0.1, 0.15) is 5.75 Å². The second-order valence-corrected chi connectivity index (χ2v) is 11.2. The number of benzene rings is 3. The summed E-state index contributed by atoms with van der Waals surface area (Å²) in [6, 6.07) is 21.2. The van der Waals surface area contributed by atoms with Gasteiger partial charge in [-0.2, -0.15) is 0 Å². The van der Waals surface area contributed by atoms with E-state index >= 15 is 0 Å². The number of ether oxygens (including phenoxy) is 1. The van der Waals surface area contributed by atoms with Crippen LogP contribution in [0.15, 0.2) is 66.7 Å². The summed E-state index contributed by atoms with van der Waals surface area (Å²) in [5.41, 5.74) is 27.9. The lowest BCUT2D eigenvalue weighted by atomic mass is 9.95. The predicted octanol–water partition coefficient (Wildman–Crippen LogP) is 8.94. The third kappa shape index (κ3) is 14.4. The van der Waals surface area contributed by atoms with Gasteiger partial charge in [0.25, 0.3) is 0 Å². The lowest BCUT2D eigenvalue weighted by Gasteiger charge is -2.33. The van der Waals surface area contributed by atoms with Gasteiger partial charge in [-0.1, -0.05) is 84.4 Å². The maximum Gasteiger partial charge on any atom is 0.143 e. The molecule has 42 heavy (non-hydrogen) atoms. The van der Waals surface area contributed by atoms with Crippen LogP contribution >= 0.6 is 0 Å². The highest BCUT2D eigenvalue weighted by Gasteiger charge is 2.18. The van der Waals surface area contributed by atoms with Crippen molar-refractivity contribution < 1.29 is 4.74 Å². The molecule has 0 spiro atoms. The minimum atomic E-state index is 0.608. The SMILES string of the molecule is CCCCC(CC)CN(CC(CC)CCCC)c1ccc(N)c(C)c1.COc1cc(N)ccc1N.Nc1ccccc1. The summed E-state index contributed by atoms with van der Waals surface area (Å²) in [7, 11) is 1.56. The molecule has 0 fully saturated rings. The van der Waals surface area contributed by atoms with E-state index in [0.29, 0.717) is 17.1 Å².